The van der Waals surface area contributed by atoms with E-state index in [1.807, 2.05) is 11.9 Å². The Kier molecular flexibility index (Phi) is 6.39. The Balaban J connectivity index is 1.18. The van der Waals surface area contributed by atoms with Crippen LogP contribution >= 0.6 is 11.9 Å². The van der Waals surface area contributed by atoms with E-state index in [1.165, 1.54) is 25.9 Å². The highest BCUT2D eigenvalue weighted by Crippen LogP contribution is 2.43. The van der Waals surface area contributed by atoms with Crippen molar-refractivity contribution >= 4 is 11.9 Å². The maximum atomic E-state index is 6.69. The molecule has 2 spiro atoms. The van der Waals surface area contributed by atoms with Crippen LogP contribution in [0.15, 0.2) is 0 Å². The van der Waals surface area contributed by atoms with Crippen LogP contribution in [-0.2, 0) is 9.47 Å². The molecule has 0 aromatic carbocycles. The van der Waals surface area contributed by atoms with Gasteiger partial charge in [-0.05, 0) is 51.7 Å². The van der Waals surface area contributed by atoms with Gasteiger partial charge in [0.2, 0.25) is 0 Å². The third-order valence-corrected chi connectivity index (χ3v) is 9.01. The minimum absolute atomic E-state index is 0.204. The predicted octanol–water partition coefficient (Wildman–Crippen LogP) is 1.29. The fraction of sp³-hybridized carbons (Fsp3) is 1.00. The second kappa shape index (κ2) is 8.46. The first-order valence-electron chi connectivity index (χ1n) is 10.9. The van der Waals surface area contributed by atoms with Crippen LogP contribution in [0.5, 0.6) is 0 Å². The summed E-state index contributed by atoms with van der Waals surface area (Å²) in [5.74, 6) is 1.10. The highest BCUT2D eigenvalue weighted by atomic mass is 32.2. The van der Waals surface area contributed by atoms with Crippen molar-refractivity contribution in [2.45, 2.75) is 57.2 Å². The molecule has 4 rings (SSSR count). The standard InChI is InChI=1S/C20H38N4O2S/c1-2-23-8-4-20(5-9-23)15-26-16(18(20)22)3-12-27-24-10-6-19(7-11-24)14-25-13-17(19)21/h16-18H,2-15,21-22H2,1H3/t16-,17+,18+/m0/s1. The lowest BCUT2D eigenvalue weighted by molar-refractivity contribution is 0.0654. The Hall–Kier alpha value is 0.110. The molecule has 6 nitrogen and oxygen atoms in total. The van der Waals surface area contributed by atoms with Gasteiger partial charge < -0.3 is 25.8 Å². The molecular formula is C20H38N4O2S. The number of ether oxygens (including phenoxy) is 2. The van der Waals surface area contributed by atoms with E-state index in [0.29, 0.717) is 0 Å². The molecule has 4 heterocycles. The Morgan fingerprint density at radius 3 is 2.33 bits per heavy atom. The maximum absolute atomic E-state index is 6.69. The second-order valence-corrected chi connectivity index (χ2v) is 10.4. The molecule has 4 N–H and O–H groups in total. The summed E-state index contributed by atoms with van der Waals surface area (Å²) in [6, 6.07) is 0.431. The molecule has 156 valence electrons. The fourth-order valence-corrected chi connectivity index (χ4v) is 6.51. The normalized spacial score (nSPS) is 36.8. The zero-order valence-corrected chi connectivity index (χ0v) is 17.7. The molecule has 7 heteroatoms. The van der Waals surface area contributed by atoms with Crippen molar-refractivity contribution in [3.8, 4) is 0 Å². The van der Waals surface area contributed by atoms with Crippen molar-refractivity contribution in [1.29, 1.82) is 0 Å². The molecule has 0 bridgehead atoms. The number of likely N-dealkylation sites (tertiary alicyclic amines) is 1. The number of nitrogens with zero attached hydrogens (tertiary/aromatic N) is 2. The van der Waals surface area contributed by atoms with Gasteiger partial charge in [-0.3, -0.25) is 4.31 Å². The lowest BCUT2D eigenvalue weighted by atomic mass is 9.73. The highest BCUT2D eigenvalue weighted by Gasteiger charge is 2.48. The first-order valence-corrected chi connectivity index (χ1v) is 11.8. The van der Waals surface area contributed by atoms with Crippen molar-refractivity contribution in [3.63, 3.8) is 0 Å². The van der Waals surface area contributed by atoms with Crippen LogP contribution < -0.4 is 11.5 Å². The summed E-state index contributed by atoms with van der Waals surface area (Å²) in [4.78, 5) is 2.53. The number of hydrogen-bond acceptors (Lipinski definition) is 7. The number of hydrogen-bond donors (Lipinski definition) is 2. The third-order valence-electron chi connectivity index (χ3n) is 7.86. The molecule has 0 amide bonds. The van der Waals surface area contributed by atoms with Crippen LogP contribution in [0.4, 0.5) is 0 Å². The molecule has 0 unspecified atom stereocenters. The molecule has 4 saturated heterocycles. The largest absolute Gasteiger partial charge is 0.379 e. The van der Waals surface area contributed by atoms with Crippen molar-refractivity contribution in [1.82, 2.24) is 9.21 Å². The van der Waals surface area contributed by atoms with Crippen LogP contribution in [0.2, 0.25) is 0 Å². The van der Waals surface area contributed by atoms with Crippen LogP contribution in [0.25, 0.3) is 0 Å². The molecule has 3 atom stereocenters. The van der Waals surface area contributed by atoms with Gasteiger partial charge >= 0.3 is 0 Å². The van der Waals surface area contributed by atoms with Gasteiger partial charge in [0.25, 0.3) is 0 Å². The summed E-state index contributed by atoms with van der Waals surface area (Å²) < 4.78 is 14.3. The van der Waals surface area contributed by atoms with E-state index in [2.05, 4.69) is 16.1 Å². The van der Waals surface area contributed by atoms with Crippen LogP contribution in [0.1, 0.15) is 39.0 Å². The topological polar surface area (TPSA) is 77.0 Å². The van der Waals surface area contributed by atoms with Gasteiger partial charge in [-0.25, -0.2) is 0 Å². The van der Waals surface area contributed by atoms with E-state index >= 15 is 0 Å². The molecule has 0 radical (unpaired) electrons. The Bertz CT molecular complexity index is 492. The Morgan fingerprint density at radius 2 is 1.70 bits per heavy atom. The van der Waals surface area contributed by atoms with E-state index in [9.17, 15) is 0 Å². The maximum Gasteiger partial charge on any atom is 0.0740 e. The second-order valence-electron chi connectivity index (χ2n) is 9.21. The molecule has 0 saturated carbocycles. The molecule has 27 heavy (non-hydrogen) atoms. The van der Waals surface area contributed by atoms with Gasteiger partial charge in [-0.2, -0.15) is 0 Å². The van der Waals surface area contributed by atoms with Gasteiger partial charge in [0.1, 0.15) is 0 Å². The predicted molar refractivity (Wildman–Crippen MR) is 111 cm³/mol. The van der Waals surface area contributed by atoms with Gasteiger partial charge in [-0.15, -0.1) is 0 Å². The van der Waals surface area contributed by atoms with E-state index in [-0.39, 0.29) is 29.0 Å². The average Bonchev–Trinajstić information content (AvgIpc) is 3.19. The lowest BCUT2D eigenvalue weighted by Crippen LogP contribution is -2.51. The molecule has 0 aromatic heterocycles. The van der Waals surface area contributed by atoms with Gasteiger partial charge in [-0.1, -0.05) is 18.9 Å². The van der Waals surface area contributed by atoms with Gasteiger partial charge in [0.05, 0.1) is 25.9 Å². The molecule has 4 fully saturated rings. The molecule has 0 aromatic rings. The van der Waals surface area contributed by atoms with E-state index in [0.717, 1.165) is 64.5 Å². The Morgan fingerprint density at radius 1 is 1.00 bits per heavy atom. The van der Waals surface area contributed by atoms with Crippen LogP contribution in [-0.4, -0.2) is 85.7 Å². The highest BCUT2D eigenvalue weighted by molar-refractivity contribution is 7.97. The zero-order valence-electron chi connectivity index (χ0n) is 16.9. The molecule has 0 aliphatic carbocycles. The first-order chi connectivity index (χ1) is 13.1. The number of piperidine rings is 2. The van der Waals surface area contributed by atoms with E-state index in [1.54, 1.807) is 0 Å². The van der Waals surface area contributed by atoms with Gasteiger partial charge in [0.15, 0.2) is 0 Å². The van der Waals surface area contributed by atoms with Gasteiger partial charge in [0, 0.05) is 41.8 Å². The van der Waals surface area contributed by atoms with Crippen LogP contribution in [0.3, 0.4) is 0 Å². The van der Waals surface area contributed by atoms with Crippen molar-refractivity contribution in [3.05, 3.63) is 0 Å². The van der Waals surface area contributed by atoms with Crippen LogP contribution in [0, 0.1) is 10.8 Å². The van der Waals surface area contributed by atoms with Crippen molar-refractivity contribution < 1.29 is 9.47 Å². The Labute approximate surface area is 168 Å². The minimum Gasteiger partial charge on any atom is -0.379 e. The molecule has 4 aliphatic heterocycles. The number of nitrogens with two attached hydrogens (primary N) is 2. The summed E-state index contributed by atoms with van der Waals surface area (Å²) in [5.41, 5.74) is 13.5. The average molecular weight is 399 g/mol. The zero-order chi connectivity index (χ0) is 18.9. The summed E-state index contributed by atoms with van der Waals surface area (Å²) >= 11 is 1.98. The summed E-state index contributed by atoms with van der Waals surface area (Å²) in [5, 5.41) is 0. The smallest absolute Gasteiger partial charge is 0.0740 e. The molecular weight excluding hydrogens is 360 g/mol. The van der Waals surface area contributed by atoms with E-state index in [4.69, 9.17) is 20.9 Å². The summed E-state index contributed by atoms with van der Waals surface area (Å²) in [6.07, 6.45) is 6.02. The first kappa shape index (κ1) is 20.4. The summed E-state index contributed by atoms with van der Waals surface area (Å²) in [6.45, 7) is 10.5. The van der Waals surface area contributed by atoms with E-state index < -0.39 is 0 Å². The molecule has 4 aliphatic rings. The van der Waals surface area contributed by atoms with Crippen molar-refractivity contribution in [2.24, 2.45) is 22.3 Å². The number of rotatable bonds is 5. The van der Waals surface area contributed by atoms with Crippen molar-refractivity contribution in [2.75, 3.05) is 58.3 Å². The lowest BCUT2D eigenvalue weighted by Gasteiger charge is -2.41. The summed E-state index contributed by atoms with van der Waals surface area (Å²) in [7, 11) is 0. The SMILES string of the molecule is CCN1CCC2(CC1)CO[C@@H](CCSN1CCC3(CC1)COC[C@H]3N)[C@H]2N. The quantitative estimate of drug-likeness (QED) is 0.676. The monoisotopic (exact) mass is 398 g/mol. The third kappa shape index (κ3) is 4.06. The minimum atomic E-state index is 0.204. The fourth-order valence-electron chi connectivity index (χ4n) is 5.47.